The first-order chi connectivity index (χ1) is 9.43. The average Bonchev–Trinajstić information content (AvgIpc) is 2.72. The van der Waals surface area contributed by atoms with Gasteiger partial charge in [0.15, 0.2) is 0 Å². The first kappa shape index (κ1) is 15.0. The second-order valence-corrected chi connectivity index (χ2v) is 5.61. The van der Waals surface area contributed by atoms with Crippen molar-refractivity contribution in [2.75, 3.05) is 7.05 Å². The van der Waals surface area contributed by atoms with Crippen LogP contribution in [0.4, 0.5) is 4.39 Å². The third-order valence-corrected chi connectivity index (χ3v) is 3.53. The fourth-order valence-corrected chi connectivity index (χ4v) is 2.66. The molecule has 1 heterocycles. The van der Waals surface area contributed by atoms with Crippen LogP contribution in [0.25, 0.3) is 0 Å². The Morgan fingerprint density at radius 2 is 2.00 bits per heavy atom. The molecule has 0 saturated heterocycles. The summed E-state index contributed by atoms with van der Waals surface area (Å²) in [6, 6.07) is 4.99. The third kappa shape index (κ3) is 2.86. The van der Waals surface area contributed by atoms with E-state index in [1.54, 1.807) is 6.20 Å². The number of rotatable bonds is 4. The fourth-order valence-electron chi connectivity index (χ4n) is 2.42. The van der Waals surface area contributed by atoms with Gasteiger partial charge < -0.3 is 5.32 Å². The molecule has 0 aliphatic rings. The van der Waals surface area contributed by atoms with Crippen LogP contribution in [0.3, 0.4) is 0 Å². The molecular formula is C15H19ClFN3. The first-order valence-corrected chi connectivity index (χ1v) is 6.99. The van der Waals surface area contributed by atoms with Gasteiger partial charge in [0.25, 0.3) is 0 Å². The van der Waals surface area contributed by atoms with Gasteiger partial charge in [0.05, 0.1) is 23.0 Å². The Balaban J connectivity index is 2.55. The summed E-state index contributed by atoms with van der Waals surface area (Å²) in [7, 11) is 1.83. The molecule has 3 nitrogen and oxygen atoms in total. The molecule has 2 rings (SSSR count). The lowest BCUT2D eigenvalue weighted by Crippen LogP contribution is -2.23. The normalized spacial score (nSPS) is 12.9. The predicted molar refractivity (Wildman–Crippen MR) is 79.7 cm³/mol. The summed E-state index contributed by atoms with van der Waals surface area (Å²) in [5, 5.41) is 8.09. The van der Waals surface area contributed by atoms with Crippen molar-refractivity contribution in [3.05, 3.63) is 52.1 Å². The molecule has 1 N–H and O–H groups in total. The van der Waals surface area contributed by atoms with Gasteiger partial charge in [0.1, 0.15) is 5.82 Å². The van der Waals surface area contributed by atoms with Crippen LogP contribution in [-0.2, 0) is 0 Å². The Morgan fingerprint density at radius 1 is 1.30 bits per heavy atom. The zero-order valence-electron chi connectivity index (χ0n) is 12.1. The summed E-state index contributed by atoms with van der Waals surface area (Å²) in [6.45, 7) is 5.95. The highest BCUT2D eigenvalue weighted by molar-refractivity contribution is 6.31. The summed E-state index contributed by atoms with van der Waals surface area (Å²) in [5.74, 6) is -0.244. The standard InChI is InChI=1S/C15H19ClFN3/c1-9(2)20-15(13(16)8-19-20)14(18-4)11-5-10(3)6-12(17)7-11/h5-9,14,18H,1-4H3. The van der Waals surface area contributed by atoms with Crippen LogP contribution in [0.1, 0.15) is 42.8 Å². The molecular weight excluding hydrogens is 277 g/mol. The Hall–Kier alpha value is -1.39. The highest BCUT2D eigenvalue weighted by atomic mass is 35.5. The Kier molecular flexibility index (Phi) is 4.45. The first-order valence-electron chi connectivity index (χ1n) is 6.61. The van der Waals surface area contributed by atoms with Crippen LogP contribution in [0.15, 0.2) is 24.4 Å². The van der Waals surface area contributed by atoms with Crippen LogP contribution in [0, 0.1) is 12.7 Å². The molecule has 1 atom stereocenters. The number of nitrogens with one attached hydrogen (secondary N) is 1. The van der Waals surface area contributed by atoms with E-state index in [4.69, 9.17) is 11.6 Å². The van der Waals surface area contributed by atoms with E-state index in [1.165, 1.54) is 12.1 Å². The predicted octanol–water partition coefficient (Wildman–Crippen LogP) is 3.87. The van der Waals surface area contributed by atoms with Crippen LogP contribution < -0.4 is 5.32 Å². The maximum absolute atomic E-state index is 13.6. The lowest BCUT2D eigenvalue weighted by atomic mass is 10.0. The highest BCUT2D eigenvalue weighted by Crippen LogP contribution is 2.30. The monoisotopic (exact) mass is 295 g/mol. The molecule has 108 valence electrons. The number of benzene rings is 1. The lowest BCUT2D eigenvalue weighted by molar-refractivity contribution is 0.483. The molecule has 0 aliphatic carbocycles. The maximum Gasteiger partial charge on any atom is 0.123 e. The van der Waals surface area contributed by atoms with E-state index in [0.717, 1.165) is 16.8 Å². The molecule has 0 spiro atoms. The van der Waals surface area contributed by atoms with Crippen molar-refractivity contribution in [1.29, 1.82) is 0 Å². The van der Waals surface area contributed by atoms with Gasteiger partial charge in [0, 0.05) is 6.04 Å². The van der Waals surface area contributed by atoms with Crippen LogP contribution >= 0.6 is 11.6 Å². The minimum Gasteiger partial charge on any atom is -0.308 e. The largest absolute Gasteiger partial charge is 0.308 e. The number of hydrogen-bond donors (Lipinski definition) is 1. The van der Waals surface area contributed by atoms with Crippen molar-refractivity contribution >= 4 is 11.6 Å². The van der Waals surface area contributed by atoms with Crippen molar-refractivity contribution < 1.29 is 4.39 Å². The topological polar surface area (TPSA) is 29.9 Å². The summed E-state index contributed by atoms with van der Waals surface area (Å²) in [6.07, 6.45) is 1.63. The molecule has 2 aromatic rings. The van der Waals surface area contributed by atoms with Gasteiger partial charge >= 0.3 is 0 Å². The number of hydrogen-bond acceptors (Lipinski definition) is 2. The van der Waals surface area contributed by atoms with Crippen molar-refractivity contribution in [1.82, 2.24) is 15.1 Å². The molecule has 0 aliphatic heterocycles. The molecule has 1 unspecified atom stereocenters. The summed E-state index contributed by atoms with van der Waals surface area (Å²) < 4.78 is 15.5. The van der Waals surface area contributed by atoms with Crippen molar-refractivity contribution in [3.8, 4) is 0 Å². The van der Waals surface area contributed by atoms with Crippen molar-refractivity contribution in [2.45, 2.75) is 32.9 Å². The van der Waals surface area contributed by atoms with E-state index in [2.05, 4.69) is 10.4 Å². The Bertz CT molecular complexity index is 587. The van der Waals surface area contributed by atoms with Crippen LogP contribution in [0.2, 0.25) is 5.02 Å². The molecule has 0 bridgehead atoms. The Morgan fingerprint density at radius 3 is 2.55 bits per heavy atom. The van der Waals surface area contributed by atoms with E-state index < -0.39 is 0 Å². The van der Waals surface area contributed by atoms with E-state index in [0.29, 0.717) is 5.02 Å². The van der Waals surface area contributed by atoms with Gasteiger partial charge in [-0.3, -0.25) is 4.68 Å². The van der Waals surface area contributed by atoms with E-state index in [9.17, 15) is 4.39 Å². The van der Waals surface area contributed by atoms with Crippen LogP contribution in [0.5, 0.6) is 0 Å². The molecule has 5 heteroatoms. The quantitative estimate of drug-likeness (QED) is 0.928. The summed E-state index contributed by atoms with van der Waals surface area (Å²) in [5.41, 5.74) is 2.58. The van der Waals surface area contributed by atoms with E-state index >= 15 is 0 Å². The molecule has 0 fully saturated rings. The van der Waals surface area contributed by atoms with Gasteiger partial charge in [0.2, 0.25) is 0 Å². The Labute approximate surface area is 123 Å². The number of nitrogens with zero attached hydrogens (tertiary/aromatic N) is 2. The third-order valence-electron chi connectivity index (χ3n) is 3.24. The van der Waals surface area contributed by atoms with E-state index in [-0.39, 0.29) is 17.9 Å². The fraction of sp³-hybridized carbons (Fsp3) is 0.400. The number of halogens is 2. The molecule has 1 aromatic heterocycles. The zero-order valence-corrected chi connectivity index (χ0v) is 12.9. The van der Waals surface area contributed by atoms with Gasteiger partial charge in [-0.05, 0) is 51.1 Å². The number of aryl methyl sites for hydroxylation is 1. The van der Waals surface area contributed by atoms with Gasteiger partial charge in [-0.2, -0.15) is 5.10 Å². The molecule has 20 heavy (non-hydrogen) atoms. The minimum atomic E-state index is -0.244. The van der Waals surface area contributed by atoms with Gasteiger partial charge in [-0.25, -0.2) is 4.39 Å². The van der Waals surface area contributed by atoms with Crippen molar-refractivity contribution in [3.63, 3.8) is 0 Å². The second kappa shape index (κ2) is 5.94. The number of aromatic nitrogens is 2. The zero-order chi connectivity index (χ0) is 14.9. The van der Waals surface area contributed by atoms with Crippen LogP contribution in [-0.4, -0.2) is 16.8 Å². The lowest BCUT2D eigenvalue weighted by Gasteiger charge is -2.21. The highest BCUT2D eigenvalue weighted by Gasteiger charge is 2.22. The summed E-state index contributed by atoms with van der Waals surface area (Å²) in [4.78, 5) is 0. The molecule has 0 radical (unpaired) electrons. The maximum atomic E-state index is 13.6. The van der Waals surface area contributed by atoms with Gasteiger partial charge in [-0.1, -0.05) is 17.7 Å². The molecule has 1 aromatic carbocycles. The average molecular weight is 296 g/mol. The minimum absolute atomic E-state index is 0.183. The smallest absolute Gasteiger partial charge is 0.123 e. The van der Waals surface area contributed by atoms with E-state index in [1.807, 2.05) is 38.6 Å². The second-order valence-electron chi connectivity index (χ2n) is 5.20. The van der Waals surface area contributed by atoms with Gasteiger partial charge in [-0.15, -0.1) is 0 Å². The molecule has 0 amide bonds. The SMILES string of the molecule is CNC(c1cc(C)cc(F)c1)c1c(Cl)cnn1C(C)C. The van der Waals surface area contributed by atoms with Crippen molar-refractivity contribution in [2.24, 2.45) is 0 Å². The summed E-state index contributed by atoms with van der Waals surface area (Å²) >= 11 is 6.27. The molecule has 0 saturated carbocycles.